The lowest BCUT2D eigenvalue weighted by atomic mass is 10.1. The summed E-state index contributed by atoms with van der Waals surface area (Å²) in [6, 6.07) is 4.17. The second kappa shape index (κ2) is 11.5. The predicted octanol–water partition coefficient (Wildman–Crippen LogP) is 3.34. The first-order valence-corrected chi connectivity index (χ1v) is 11.3. The van der Waals surface area contributed by atoms with Crippen LogP contribution in [-0.4, -0.2) is 75.7 Å². The number of aryl methyl sites for hydroxylation is 1. The van der Waals surface area contributed by atoms with Crippen LogP contribution in [0.25, 0.3) is 0 Å². The third kappa shape index (κ3) is 7.88. The number of hydrogen-bond acceptors (Lipinski definition) is 6. The average Bonchev–Trinajstić information content (AvgIpc) is 2.91. The molecule has 2 rings (SSSR count). The topological polar surface area (TPSA) is 136 Å². The monoisotopic (exact) mass is 516 g/mol. The van der Waals surface area contributed by atoms with Crippen molar-refractivity contribution >= 4 is 41.2 Å². The number of nitrogens with zero attached hydrogens (tertiary/aromatic N) is 2. The third-order valence-corrected chi connectivity index (χ3v) is 5.63. The minimum atomic E-state index is -1.30. The smallest absolute Gasteiger partial charge is 0.407 e. The van der Waals surface area contributed by atoms with E-state index in [1.807, 2.05) is 0 Å². The summed E-state index contributed by atoms with van der Waals surface area (Å²) in [5.74, 6) is -2.91. The van der Waals surface area contributed by atoms with Gasteiger partial charge >= 0.3 is 12.1 Å². The van der Waals surface area contributed by atoms with Crippen LogP contribution in [0.3, 0.4) is 0 Å². The molecule has 186 valence electrons. The minimum absolute atomic E-state index is 0.0341. The Balaban J connectivity index is 2.05. The Morgan fingerprint density at radius 2 is 1.91 bits per heavy atom. The van der Waals surface area contributed by atoms with E-state index in [9.17, 15) is 24.4 Å². The quantitative estimate of drug-likeness (QED) is 0.405. The number of carbonyl (C=O) groups is 3. The van der Waals surface area contributed by atoms with Gasteiger partial charge in [-0.25, -0.2) is 4.79 Å². The number of nitroso groups, excluding NO2 is 1. The molecule has 1 unspecified atom stereocenters. The first-order valence-electron chi connectivity index (χ1n) is 10.6. The van der Waals surface area contributed by atoms with Gasteiger partial charge in [-0.2, -0.15) is 0 Å². The number of nitrogens with one attached hydrogen (secondary N) is 1. The maximum absolute atomic E-state index is 12.5. The number of hydrogen-bond donors (Lipinski definition) is 3. The molecule has 10 nitrogen and oxygen atoms in total. The van der Waals surface area contributed by atoms with Gasteiger partial charge < -0.3 is 25.2 Å². The van der Waals surface area contributed by atoms with Crippen molar-refractivity contribution < 1.29 is 34.1 Å². The summed E-state index contributed by atoms with van der Waals surface area (Å²) in [6.45, 7) is 3.83. The van der Waals surface area contributed by atoms with Crippen LogP contribution in [0.5, 0.6) is 0 Å². The highest BCUT2D eigenvalue weighted by atomic mass is 35.5. The largest absolute Gasteiger partial charge is 0.503 e. The molecule has 0 bridgehead atoms. The number of carboxylic acid groups (broad SMARTS) is 1. The number of aliphatic hydroxyl groups excluding tert-OH is 1. The average molecular weight is 517 g/mol. The number of carbonyl (C=O) groups excluding carboxylic acids is 2. The molecule has 12 heteroatoms. The summed E-state index contributed by atoms with van der Waals surface area (Å²) in [6.07, 6.45) is 0.235. The van der Waals surface area contributed by atoms with Crippen molar-refractivity contribution in [3.63, 3.8) is 0 Å². The first-order chi connectivity index (χ1) is 15.8. The Morgan fingerprint density at radius 1 is 1.24 bits per heavy atom. The van der Waals surface area contributed by atoms with Gasteiger partial charge in [0.2, 0.25) is 6.54 Å². The fraction of sp³-hybridized carbons (Fsp3) is 0.500. The Morgan fingerprint density at radius 3 is 2.50 bits per heavy atom. The number of ether oxygens (including phenoxy) is 1. The van der Waals surface area contributed by atoms with Gasteiger partial charge in [-0.05, 0) is 44.9 Å². The number of halogens is 2. The second-order valence-electron chi connectivity index (χ2n) is 8.81. The summed E-state index contributed by atoms with van der Waals surface area (Å²) in [7, 11) is 0. The van der Waals surface area contributed by atoms with Crippen molar-refractivity contribution in [1.82, 2.24) is 10.2 Å². The van der Waals surface area contributed by atoms with Crippen LogP contribution in [0.4, 0.5) is 4.79 Å². The van der Waals surface area contributed by atoms with Gasteiger partial charge in [-0.15, -0.1) is 0 Å². The fourth-order valence-corrected chi connectivity index (χ4v) is 3.74. The maximum atomic E-state index is 12.5. The van der Waals surface area contributed by atoms with E-state index in [2.05, 4.69) is 5.32 Å². The van der Waals surface area contributed by atoms with E-state index in [-0.39, 0.29) is 25.2 Å². The molecular formula is C22H28Cl2N3O7+. The normalized spacial score (nSPS) is 16.1. The van der Waals surface area contributed by atoms with Crippen molar-refractivity contribution in [3.05, 3.63) is 50.0 Å². The standard InChI is InChI=1S/C22H27Cl2N3O7/c1-22(2,3)34-21(32)25-10-17-14(19(30)20(31)27(17)12-18(28)29)11-26(33)8-4-5-13-6-7-15(23)16(24)9-13/h6-7,9,17H,4-5,8,10-12H2,1-3H3,(H2-,25,28,29,30,32)/p+1. The van der Waals surface area contributed by atoms with Gasteiger partial charge in [0.05, 0.1) is 21.7 Å². The Hall–Kier alpha value is -2.85. The molecule has 1 aliphatic rings. The molecule has 0 fully saturated rings. The minimum Gasteiger partial charge on any atom is -0.503 e. The lowest BCUT2D eigenvalue weighted by molar-refractivity contribution is -0.542. The van der Waals surface area contributed by atoms with Gasteiger partial charge in [0.25, 0.3) is 5.91 Å². The zero-order valence-electron chi connectivity index (χ0n) is 19.1. The highest BCUT2D eigenvalue weighted by Gasteiger charge is 2.43. The zero-order chi connectivity index (χ0) is 25.6. The van der Waals surface area contributed by atoms with E-state index in [0.29, 0.717) is 27.6 Å². The van der Waals surface area contributed by atoms with Gasteiger partial charge in [0.1, 0.15) is 12.1 Å². The van der Waals surface area contributed by atoms with Crippen molar-refractivity contribution in [2.24, 2.45) is 0 Å². The fourth-order valence-electron chi connectivity index (χ4n) is 3.42. The Labute approximate surface area is 207 Å². The number of rotatable bonds is 10. The molecule has 0 aromatic heterocycles. The molecular weight excluding hydrogens is 489 g/mol. The molecule has 0 spiro atoms. The van der Waals surface area contributed by atoms with E-state index in [4.69, 9.17) is 33.0 Å². The highest BCUT2D eigenvalue weighted by molar-refractivity contribution is 6.42. The summed E-state index contributed by atoms with van der Waals surface area (Å²) in [5.41, 5.74) is 0.164. The van der Waals surface area contributed by atoms with Gasteiger partial charge in [-0.1, -0.05) is 29.3 Å². The van der Waals surface area contributed by atoms with E-state index in [0.717, 1.165) is 10.5 Å². The van der Waals surface area contributed by atoms with E-state index < -0.39 is 41.9 Å². The molecule has 0 radical (unpaired) electrons. The van der Waals surface area contributed by atoms with Crippen LogP contribution in [0.15, 0.2) is 29.5 Å². The summed E-state index contributed by atoms with van der Waals surface area (Å²) in [5, 5.41) is 22.8. The van der Waals surface area contributed by atoms with E-state index in [1.54, 1.807) is 39.0 Å². The molecule has 1 atom stereocenters. The molecule has 0 saturated heterocycles. The summed E-state index contributed by atoms with van der Waals surface area (Å²) < 4.78 is 5.82. The van der Waals surface area contributed by atoms with Crippen molar-refractivity contribution in [2.75, 3.05) is 26.2 Å². The second-order valence-corrected chi connectivity index (χ2v) is 9.63. The Bertz CT molecular complexity index is 1000. The molecule has 3 N–H and O–H groups in total. The van der Waals surface area contributed by atoms with Crippen LogP contribution >= 0.6 is 23.2 Å². The molecule has 2 amide bonds. The molecule has 34 heavy (non-hydrogen) atoms. The van der Waals surface area contributed by atoms with Crippen molar-refractivity contribution in [3.8, 4) is 0 Å². The van der Waals surface area contributed by atoms with Crippen LogP contribution < -0.4 is 5.32 Å². The van der Waals surface area contributed by atoms with Crippen molar-refractivity contribution in [1.29, 1.82) is 0 Å². The first kappa shape index (κ1) is 27.4. The van der Waals surface area contributed by atoms with Gasteiger partial charge in [0, 0.05) is 22.6 Å². The number of amides is 2. The van der Waals surface area contributed by atoms with Crippen LogP contribution in [0.2, 0.25) is 10.0 Å². The lowest BCUT2D eigenvalue weighted by Crippen LogP contribution is -2.47. The number of alkyl carbamates (subject to hydrolysis) is 1. The SMILES string of the molecule is CC(C)(C)OC(=O)NCC1C(C[N+](=O)CCCc2ccc(Cl)c(Cl)c2)=C(O)C(=O)N1CC(=O)O. The third-order valence-electron chi connectivity index (χ3n) is 4.89. The summed E-state index contributed by atoms with van der Waals surface area (Å²) in [4.78, 5) is 49.1. The molecule has 1 aromatic carbocycles. The van der Waals surface area contributed by atoms with Crippen molar-refractivity contribution in [2.45, 2.75) is 45.3 Å². The molecule has 1 aliphatic heterocycles. The van der Waals surface area contributed by atoms with E-state index >= 15 is 0 Å². The Kier molecular flexibility index (Phi) is 9.29. The molecule has 0 aliphatic carbocycles. The van der Waals surface area contributed by atoms with Crippen LogP contribution in [0, 0.1) is 4.91 Å². The molecule has 1 heterocycles. The number of aliphatic carboxylic acids is 1. The zero-order valence-corrected chi connectivity index (χ0v) is 20.6. The van der Waals surface area contributed by atoms with Gasteiger partial charge in [-0.3, -0.25) is 9.59 Å². The number of aliphatic hydroxyl groups is 1. The number of benzene rings is 1. The lowest BCUT2D eigenvalue weighted by Gasteiger charge is -2.25. The predicted molar refractivity (Wildman–Crippen MR) is 125 cm³/mol. The van der Waals surface area contributed by atoms with Crippen LogP contribution in [0.1, 0.15) is 32.8 Å². The van der Waals surface area contributed by atoms with Crippen LogP contribution in [-0.2, 0) is 20.7 Å². The van der Waals surface area contributed by atoms with E-state index in [1.165, 1.54) is 0 Å². The molecule has 1 aromatic rings. The van der Waals surface area contributed by atoms with Gasteiger partial charge in [0.15, 0.2) is 12.3 Å². The maximum Gasteiger partial charge on any atom is 0.407 e. The number of carboxylic acids is 1. The molecule has 0 saturated carbocycles. The summed E-state index contributed by atoms with van der Waals surface area (Å²) >= 11 is 11.9. The highest BCUT2D eigenvalue weighted by Crippen LogP contribution is 2.25.